The topological polar surface area (TPSA) is 24.1 Å². The molecule has 0 aromatic carbocycles. The average Bonchev–Trinajstić information content (AvgIpc) is 2.07. The molecule has 0 radical (unpaired) electrons. The molecule has 2 aliphatic rings. The van der Waals surface area contributed by atoms with Gasteiger partial charge in [-0.25, -0.2) is 0 Å². The largest absolute Gasteiger partial charge is 0.301 e. The number of hydrogen-bond acceptors (Lipinski definition) is 2. The lowest BCUT2D eigenvalue weighted by Gasteiger charge is -2.40. The number of allylic oxidation sites excluding steroid dienone is 1. The highest BCUT2D eigenvalue weighted by Gasteiger charge is 2.34. The third kappa shape index (κ3) is 1.51. The number of rotatable bonds is 0. The van der Waals surface area contributed by atoms with Crippen LogP contribution >= 0.6 is 11.6 Å². The zero-order valence-corrected chi connectivity index (χ0v) is 7.90. The van der Waals surface area contributed by atoms with Crippen molar-refractivity contribution in [1.29, 1.82) is 0 Å². The molecule has 2 fully saturated rings. The molecular weight excluding hydrogens is 172 g/mol. The molecule has 2 N–H and O–H groups in total. The molecule has 0 aromatic heterocycles. The molecule has 0 amide bonds. The summed E-state index contributed by atoms with van der Waals surface area (Å²) in [6.07, 6.45) is 3.45. The van der Waals surface area contributed by atoms with Crippen molar-refractivity contribution in [1.82, 2.24) is 10.6 Å². The third-order valence-electron chi connectivity index (χ3n) is 2.89. The second-order valence-electron chi connectivity index (χ2n) is 3.75. The van der Waals surface area contributed by atoms with Gasteiger partial charge >= 0.3 is 0 Å². The maximum Gasteiger partial charge on any atom is 0.0881 e. The fourth-order valence-corrected chi connectivity index (χ4v) is 2.49. The molecule has 2 nitrogen and oxygen atoms in total. The minimum Gasteiger partial charge on any atom is -0.301 e. The summed E-state index contributed by atoms with van der Waals surface area (Å²) >= 11 is 6.16. The van der Waals surface area contributed by atoms with Crippen LogP contribution in [0.3, 0.4) is 0 Å². The minimum atomic E-state index is 0.133. The van der Waals surface area contributed by atoms with Gasteiger partial charge in [-0.15, -0.1) is 11.6 Å². The second-order valence-corrected chi connectivity index (χ2v) is 4.22. The maximum atomic E-state index is 6.16. The van der Waals surface area contributed by atoms with Gasteiger partial charge in [0.05, 0.1) is 5.50 Å². The van der Waals surface area contributed by atoms with E-state index in [1.807, 2.05) is 0 Å². The Labute approximate surface area is 78.4 Å². The van der Waals surface area contributed by atoms with E-state index in [1.54, 1.807) is 0 Å². The predicted octanol–water partition coefficient (Wildman–Crippen LogP) is 1.43. The highest BCUT2D eigenvalue weighted by atomic mass is 35.5. The molecule has 0 bridgehead atoms. The van der Waals surface area contributed by atoms with Crippen LogP contribution in [0.15, 0.2) is 12.2 Å². The van der Waals surface area contributed by atoms with Crippen LogP contribution < -0.4 is 10.6 Å². The Hall–Kier alpha value is -0.0500. The quantitative estimate of drug-likeness (QED) is 0.340. The van der Waals surface area contributed by atoms with E-state index in [2.05, 4.69) is 17.2 Å². The van der Waals surface area contributed by atoms with Crippen molar-refractivity contribution in [3.05, 3.63) is 12.2 Å². The van der Waals surface area contributed by atoms with E-state index in [-0.39, 0.29) is 5.50 Å². The zero-order chi connectivity index (χ0) is 8.55. The number of hydrogen-bond donors (Lipinski definition) is 2. The molecule has 1 aliphatic carbocycles. The molecule has 3 unspecified atom stereocenters. The molecule has 68 valence electrons. The Bertz CT molecular complexity index is 193. The van der Waals surface area contributed by atoms with E-state index in [0.29, 0.717) is 12.0 Å². The van der Waals surface area contributed by atoms with Crippen molar-refractivity contribution < 1.29 is 0 Å². The van der Waals surface area contributed by atoms with Crippen LogP contribution in [-0.2, 0) is 0 Å². The van der Waals surface area contributed by atoms with E-state index in [0.717, 1.165) is 19.5 Å². The Morgan fingerprint density at radius 3 is 3.08 bits per heavy atom. The molecule has 1 saturated heterocycles. The molecular formula is C9H15ClN2. The molecule has 12 heavy (non-hydrogen) atoms. The van der Waals surface area contributed by atoms with Gasteiger partial charge in [-0.2, -0.15) is 0 Å². The lowest BCUT2D eigenvalue weighted by molar-refractivity contribution is 0.222. The lowest BCUT2D eigenvalue weighted by atomic mass is 9.81. The van der Waals surface area contributed by atoms with E-state index in [4.69, 9.17) is 11.6 Å². The van der Waals surface area contributed by atoms with Gasteiger partial charge in [0.1, 0.15) is 0 Å². The molecule has 3 heteroatoms. The van der Waals surface area contributed by atoms with Crippen LogP contribution in [0.1, 0.15) is 19.3 Å². The Balaban J connectivity index is 2.05. The molecule has 0 aromatic rings. The summed E-state index contributed by atoms with van der Waals surface area (Å²) in [5.74, 6) is 0.543. The molecule has 3 atom stereocenters. The van der Waals surface area contributed by atoms with Gasteiger partial charge in [-0.05, 0) is 19.3 Å². The van der Waals surface area contributed by atoms with Crippen molar-refractivity contribution in [2.24, 2.45) is 5.92 Å². The van der Waals surface area contributed by atoms with Gasteiger partial charge in [0.2, 0.25) is 0 Å². The van der Waals surface area contributed by atoms with Crippen molar-refractivity contribution in [3.8, 4) is 0 Å². The van der Waals surface area contributed by atoms with Crippen molar-refractivity contribution in [3.63, 3.8) is 0 Å². The SMILES string of the molecule is C=C1CCC2NCNC(Cl)C2C1. The first-order chi connectivity index (χ1) is 5.77. The Morgan fingerprint density at radius 2 is 2.25 bits per heavy atom. The normalized spacial score (nSPS) is 42.4. The Kier molecular flexibility index (Phi) is 2.40. The van der Waals surface area contributed by atoms with E-state index >= 15 is 0 Å². The summed E-state index contributed by atoms with van der Waals surface area (Å²) in [6.45, 7) is 4.87. The van der Waals surface area contributed by atoms with Gasteiger partial charge in [-0.1, -0.05) is 12.2 Å². The zero-order valence-electron chi connectivity index (χ0n) is 7.15. The second kappa shape index (κ2) is 3.36. The Morgan fingerprint density at radius 1 is 1.42 bits per heavy atom. The van der Waals surface area contributed by atoms with E-state index in [9.17, 15) is 0 Å². The molecule has 2 rings (SSSR count). The molecule has 1 saturated carbocycles. The fraction of sp³-hybridized carbons (Fsp3) is 0.778. The predicted molar refractivity (Wildman–Crippen MR) is 51.0 cm³/mol. The molecule has 0 spiro atoms. The van der Waals surface area contributed by atoms with Crippen LogP contribution in [0, 0.1) is 5.92 Å². The standard InChI is InChI=1S/C9H15ClN2/c1-6-2-3-8-7(4-6)9(10)12-5-11-8/h7-9,11-12H,1-5H2. The lowest BCUT2D eigenvalue weighted by Crippen LogP contribution is -2.56. The number of halogens is 1. The van der Waals surface area contributed by atoms with Gasteiger partial charge in [0.25, 0.3) is 0 Å². The summed E-state index contributed by atoms with van der Waals surface area (Å²) in [5, 5.41) is 6.65. The monoisotopic (exact) mass is 186 g/mol. The van der Waals surface area contributed by atoms with Crippen molar-refractivity contribution in [2.45, 2.75) is 30.8 Å². The highest BCUT2D eigenvalue weighted by molar-refractivity contribution is 6.20. The van der Waals surface area contributed by atoms with Crippen molar-refractivity contribution >= 4 is 11.6 Å². The van der Waals surface area contributed by atoms with Crippen LogP contribution in [0.5, 0.6) is 0 Å². The average molecular weight is 187 g/mol. The first kappa shape index (κ1) is 8.54. The summed E-state index contributed by atoms with van der Waals surface area (Å²) in [5.41, 5.74) is 1.49. The number of alkyl halides is 1. The fourth-order valence-electron chi connectivity index (χ4n) is 2.15. The van der Waals surface area contributed by atoms with Gasteiger partial charge in [-0.3, -0.25) is 5.32 Å². The van der Waals surface area contributed by atoms with Crippen LogP contribution in [-0.4, -0.2) is 18.2 Å². The van der Waals surface area contributed by atoms with Gasteiger partial charge in [0, 0.05) is 18.6 Å². The first-order valence-corrected chi connectivity index (χ1v) is 4.98. The number of nitrogens with one attached hydrogen (secondary N) is 2. The van der Waals surface area contributed by atoms with Crippen LogP contribution in [0.4, 0.5) is 0 Å². The smallest absolute Gasteiger partial charge is 0.0881 e. The highest BCUT2D eigenvalue weighted by Crippen LogP contribution is 2.32. The summed E-state index contributed by atoms with van der Waals surface area (Å²) in [4.78, 5) is 0. The van der Waals surface area contributed by atoms with Crippen LogP contribution in [0.2, 0.25) is 0 Å². The molecule has 1 aliphatic heterocycles. The van der Waals surface area contributed by atoms with Crippen molar-refractivity contribution in [2.75, 3.05) is 6.67 Å². The minimum absolute atomic E-state index is 0.133. The van der Waals surface area contributed by atoms with Crippen LogP contribution in [0.25, 0.3) is 0 Å². The van der Waals surface area contributed by atoms with E-state index in [1.165, 1.54) is 12.0 Å². The van der Waals surface area contributed by atoms with E-state index < -0.39 is 0 Å². The van der Waals surface area contributed by atoms with Gasteiger partial charge < -0.3 is 5.32 Å². The maximum absolute atomic E-state index is 6.16. The first-order valence-electron chi connectivity index (χ1n) is 4.55. The summed E-state index contributed by atoms with van der Waals surface area (Å²) < 4.78 is 0. The molecule has 1 heterocycles. The summed E-state index contributed by atoms with van der Waals surface area (Å²) in [6, 6.07) is 0.610. The number of fused-ring (bicyclic) bond motifs is 1. The summed E-state index contributed by atoms with van der Waals surface area (Å²) in [7, 11) is 0. The third-order valence-corrected chi connectivity index (χ3v) is 3.37. The van der Waals surface area contributed by atoms with Gasteiger partial charge in [0.15, 0.2) is 0 Å².